The zero-order chi connectivity index (χ0) is 12.3. The number of carbonyl (C=O) groups excluding carboxylic acids is 1. The SMILES string of the molecule is CCC=C(C)C(=O)Nc1ccc2[nH]ccc2c1. The van der Waals surface area contributed by atoms with Gasteiger partial charge in [-0.3, -0.25) is 4.79 Å². The van der Waals surface area contributed by atoms with Gasteiger partial charge in [0.05, 0.1) is 0 Å². The number of rotatable bonds is 3. The topological polar surface area (TPSA) is 44.9 Å². The van der Waals surface area contributed by atoms with Gasteiger partial charge in [-0.05, 0) is 37.6 Å². The lowest BCUT2D eigenvalue weighted by Gasteiger charge is -2.05. The van der Waals surface area contributed by atoms with E-state index in [1.54, 1.807) is 0 Å². The third-order valence-corrected chi connectivity index (χ3v) is 2.68. The number of hydrogen-bond acceptors (Lipinski definition) is 1. The van der Waals surface area contributed by atoms with Gasteiger partial charge in [0.2, 0.25) is 0 Å². The lowest BCUT2D eigenvalue weighted by Crippen LogP contribution is -2.12. The van der Waals surface area contributed by atoms with E-state index in [1.165, 1.54) is 0 Å². The van der Waals surface area contributed by atoms with E-state index in [1.807, 2.05) is 50.4 Å². The first kappa shape index (κ1) is 11.5. The van der Waals surface area contributed by atoms with Gasteiger partial charge in [-0.1, -0.05) is 13.0 Å². The Kier molecular flexibility index (Phi) is 3.28. The monoisotopic (exact) mass is 228 g/mol. The first-order valence-electron chi connectivity index (χ1n) is 5.76. The smallest absolute Gasteiger partial charge is 0.250 e. The number of fused-ring (bicyclic) bond motifs is 1. The molecule has 2 aromatic rings. The van der Waals surface area contributed by atoms with E-state index >= 15 is 0 Å². The van der Waals surface area contributed by atoms with Crippen molar-refractivity contribution in [3.63, 3.8) is 0 Å². The van der Waals surface area contributed by atoms with Crippen LogP contribution in [0.5, 0.6) is 0 Å². The van der Waals surface area contributed by atoms with Crippen LogP contribution in [0.3, 0.4) is 0 Å². The number of nitrogens with one attached hydrogen (secondary N) is 2. The van der Waals surface area contributed by atoms with Crippen LogP contribution in [0, 0.1) is 0 Å². The van der Waals surface area contributed by atoms with Crippen molar-refractivity contribution in [3.8, 4) is 0 Å². The van der Waals surface area contributed by atoms with E-state index in [-0.39, 0.29) is 5.91 Å². The maximum absolute atomic E-state index is 11.8. The van der Waals surface area contributed by atoms with Gasteiger partial charge in [0.25, 0.3) is 5.91 Å². The minimum atomic E-state index is -0.0401. The molecule has 1 amide bonds. The van der Waals surface area contributed by atoms with Crippen LogP contribution in [-0.4, -0.2) is 10.9 Å². The fourth-order valence-electron chi connectivity index (χ4n) is 1.76. The summed E-state index contributed by atoms with van der Waals surface area (Å²) in [5.74, 6) is -0.0401. The third kappa shape index (κ3) is 2.56. The van der Waals surface area contributed by atoms with Gasteiger partial charge in [0, 0.05) is 28.4 Å². The molecule has 3 heteroatoms. The highest BCUT2D eigenvalue weighted by Crippen LogP contribution is 2.18. The van der Waals surface area contributed by atoms with E-state index < -0.39 is 0 Å². The molecule has 0 saturated heterocycles. The van der Waals surface area contributed by atoms with E-state index in [2.05, 4.69) is 10.3 Å². The van der Waals surface area contributed by atoms with Gasteiger partial charge >= 0.3 is 0 Å². The lowest BCUT2D eigenvalue weighted by atomic mass is 10.2. The predicted octanol–water partition coefficient (Wildman–Crippen LogP) is 3.46. The molecule has 0 spiro atoms. The number of amides is 1. The first-order chi connectivity index (χ1) is 8.20. The van der Waals surface area contributed by atoms with Crippen molar-refractivity contribution in [2.24, 2.45) is 0 Å². The summed E-state index contributed by atoms with van der Waals surface area (Å²) in [6.45, 7) is 3.84. The van der Waals surface area contributed by atoms with Gasteiger partial charge in [-0.2, -0.15) is 0 Å². The first-order valence-corrected chi connectivity index (χ1v) is 5.76. The molecule has 0 saturated carbocycles. The Hall–Kier alpha value is -2.03. The van der Waals surface area contributed by atoms with Gasteiger partial charge in [-0.25, -0.2) is 0 Å². The van der Waals surface area contributed by atoms with Gasteiger partial charge in [-0.15, -0.1) is 0 Å². The molecular weight excluding hydrogens is 212 g/mol. The minimum absolute atomic E-state index is 0.0401. The normalized spacial score (nSPS) is 11.8. The molecule has 0 aliphatic rings. The Bertz CT molecular complexity index is 566. The quantitative estimate of drug-likeness (QED) is 0.776. The number of anilines is 1. The van der Waals surface area contributed by atoms with E-state index in [4.69, 9.17) is 0 Å². The summed E-state index contributed by atoms with van der Waals surface area (Å²) < 4.78 is 0. The highest BCUT2D eigenvalue weighted by molar-refractivity contribution is 6.04. The number of carbonyl (C=O) groups is 1. The van der Waals surface area contributed by atoms with Crippen LogP contribution in [0.25, 0.3) is 10.9 Å². The molecule has 0 fully saturated rings. The summed E-state index contributed by atoms with van der Waals surface area (Å²) in [7, 11) is 0. The number of aromatic amines is 1. The maximum Gasteiger partial charge on any atom is 0.250 e. The van der Waals surface area contributed by atoms with Crippen molar-refractivity contribution in [1.29, 1.82) is 0 Å². The zero-order valence-corrected chi connectivity index (χ0v) is 10.1. The zero-order valence-electron chi connectivity index (χ0n) is 10.1. The number of allylic oxidation sites excluding steroid dienone is 1. The van der Waals surface area contributed by atoms with Gasteiger partial charge < -0.3 is 10.3 Å². The molecule has 0 aliphatic heterocycles. The Morgan fingerprint density at radius 2 is 2.24 bits per heavy atom. The third-order valence-electron chi connectivity index (χ3n) is 2.68. The molecule has 0 aliphatic carbocycles. The van der Waals surface area contributed by atoms with Crippen LogP contribution >= 0.6 is 0 Å². The van der Waals surface area contributed by atoms with Crippen LogP contribution in [0.2, 0.25) is 0 Å². The van der Waals surface area contributed by atoms with E-state index in [0.717, 1.165) is 28.6 Å². The molecule has 0 radical (unpaired) electrons. The highest BCUT2D eigenvalue weighted by Gasteiger charge is 2.04. The number of H-pyrrole nitrogens is 1. The van der Waals surface area contributed by atoms with Crippen molar-refractivity contribution in [1.82, 2.24) is 4.98 Å². The molecule has 0 atom stereocenters. The number of hydrogen-bond donors (Lipinski definition) is 2. The summed E-state index contributed by atoms with van der Waals surface area (Å²) in [4.78, 5) is 14.9. The average molecular weight is 228 g/mol. The Morgan fingerprint density at radius 1 is 1.41 bits per heavy atom. The second-order valence-corrected chi connectivity index (χ2v) is 4.03. The summed E-state index contributed by atoms with van der Waals surface area (Å²) in [6.07, 6.45) is 4.68. The molecule has 0 bridgehead atoms. The maximum atomic E-state index is 11.8. The Balaban J connectivity index is 2.18. The molecule has 17 heavy (non-hydrogen) atoms. The van der Waals surface area contributed by atoms with E-state index in [0.29, 0.717) is 0 Å². The van der Waals surface area contributed by atoms with Crippen molar-refractivity contribution in [3.05, 3.63) is 42.1 Å². The summed E-state index contributed by atoms with van der Waals surface area (Å²) in [5.41, 5.74) is 2.65. The van der Waals surface area contributed by atoms with E-state index in [9.17, 15) is 4.79 Å². The second kappa shape index (κ2) is 4.87. The van der Waals surface area contributed by atoms with Gasteiger partial charge in [0.15, 0.2) is 0 Å². The second-order valence-electron chi connectivity index (χ2n) is 4.03. The molecule has 1 aromatic carbocycles. The molecule has 0 unspecified atom stereocenters. The van der Waals surface area contributed by atoms with Crippen LogP contribution in [0.4, 0.5) is 5.69 Å². The fraction of sp³-hybridized carbons (Fsp3) is 0.214. The standard InChI is InChI=1S/C14H16N2O/c1-3-4-10(2)14(17)16-12-5-6-13-11(9-12)7-8-15-13/h4-9,15H,3H2,1-2H3,(H,16,17). The van der Waals surface area contributed by atoms with Crippen molar-refractivity contribution < 1.29 is 4.79 Å². The summed E-state index contributed by atoms with van der Waals surface area (Å²) >= 11 is 0. The number of aromatic nitrogens is 1. The van der Waals surface area contributed by atoms with Crippen LogP contribution in [0.15, 0.2) is 42.1 Å². The fourth-order valence-corrected chi connectivity index (χ4v) is 1.76. The molecule has 1 heterocycles. The summed E-state index contributed by atoms with van der Waals surface area (Å²) in [5, 5.41) is 3.98. The molecule has 1 aromatic heterocycles. The van der Waals surface area contributed by atoms with Crippen LogP contribution in [0.1, 0.15) is 20.3 Å². The number of benzene rings is 1. The summed E-state index contributed by atoms with van der Waals surface area (Å²) in [6, 6.07) is 7.81. The van der Waals surface area contributed by atoms with Crippen molar-refractivity contribution >= 4 is 22.5 Å². The molecule has 3 nitrogen and oxygen atoms in total. The van der Waals surface area contributed by atoms with Crippen LogP contribution < -0.4 is 5.32 Å². The molecular formula is C14H16N2O. The average Bonchev–Trinajstić information content (AvgIpc) is 2.76. The highest BCUT2D eigenvalue weighted by atomic mass is 16.1. The molecule has 88 valence electrons. The Labute approximate surface area is 101 Å². The van der Waals surface area contributed by atoms with Crippen molar-refractivity contribution in [2.45, 2.75) is 20.3 Å². The molecule has 2 N–H and O–H groups in total. The minimum Gasteiger partial charge on any atom is -0.361 e. The predicted molar refractivity (Wildman–Crippen MR) is 71.0 cm³/mol. The largest absolute Gasteiger partial charge is 0.361 e. The van der Waals surface area contributed by atoms with Crippen molar-refractivity contribution in [2.75, 3.05) is 5.32 Å². The van der Waals surface area contributed by atoms with Crippen LogP contribution in [-0.2, 0) is 4.79 Å². The lowest BCUT2D eigenvalue weighted by molar-refractivity contribution is -0.112. The van der Waals surface area contributed by atoms with Gasteiger partial charge in [0.1, 0.15) is 0 Å². The molecule has 2 rings (SSSR count). The Morgan fingerprint density at radius 3 is 3.00 bits per heavy atom.